The molecule has 1 amide bonds. The molecule has 0 unspecified atom stereocenters. The minimum Gasteiger partial charge on any atom is -0.454 e. The predicted molar refractivity (Wildman–Crippen MR) is 96.1 cm³/mol. The summed E-state index contributed by atoms with van der Waals surface area (Å²) >= 11 is 2.71. The smallest absolute Gasteiger partial charge is 0.338 e. The van der Waals surface area contributed by atoms with Crippen LogP contribution in [0.25, 0.3) is 10.2 Å². The molecule has 0 radical (unpaired) electrons. The molecule has 0 aliphatic rings. The summed E-state index contributed by atoms with van der Waals surface area (Å²) in [4.78, 5) is 40.6. The summed E-state index contributed by atoms with van der Waals surface area (Å²) < 4.78 is 6.00. The third kappa shape index (κ3) is 4.28. The monoisotopic (exact) mass is 374 g/mol. The topological polar surface area (TPSA) is 85.4 Å². The Morgan fingerprint density at radius 3 is 2.84 bits per heavy atom. The molecule has 128 valence electrons. The molecule has 3 rings (SSSR count). The summed E-state index contributed by atoms with van der Waals surface area (Å²) in [6.45, 7) is 1.49. The Bertz CT molecular complexity index is 945. The Kier molecular flexibility index (Phi) is 5.20. The molecular formula is C17H14N2O4S2. The van der Waals surface area contributed by atoms with E-state index in [9.17, 15) is 14.4 Å². The molecule has 1 N–H and O–H groups in total. The molecule has 0 spiro atoms. The highest BCUT2D eigenvalue weighted by Gasteiger charge is 2.14. The maximum atomic E-state index is 12.1. The summed E-state index contributed by atoms with van der Waals surface area (Å²) in [5.41, 5.74) is 2.92. The lowest BCUT2D eigenvalue weighted by Crippen LogP contribution is -2.18. The van der Waals surface area contributed by atoms with E-state index in [-0.39, 0.29) is 18.3 Å². The van der Waals surface area contributed by atoms with E-state index in [1.54, 1.807) is 35.8 Å². The third-order valence-electron chi connectivity index (χ3n) is 3.35. The molecule has 0 bridgehead atoms. The van der Waals surface area contributed by atoms with Crippen LogP contribution >= 0.6 is 22.7 Å². The Labute approximate surface area is 151 Å². The Balaban J connectivity index is 1.57. The second kappa shape index (κ2) is 7.54. The van der Waals surface area contributed by atoms with Crippen LogP contribution in [-0.2, 0) is 16.1 Å². The van der Waals surface area contributed by atoms with E-state index in [4.69, 9.17) is 4.74 Å². The number of amides is 1. The summed E-state index contributed by atoms with van der Waals surface area (Å²) in [6.07, 6.45) is 0. The van der Waals surface area contributed by atoms with Gasteiger partial charge < -0.3 is 10.1 Å². The summed E-state index contributed by atoms with van der Waals surface area (Å²) in [7, 11) is 0. The van der Waals surface area contributed by atoms with Crippen molar-refractivity contribution in [1.82, 2.24) is 10.3 Å². The van der Waals surface area contributed by atoms with Gasteiger partial charge in [-0.3, -0.25) is 9.59 Å². The predicted octanol–water partition coefficient (Wildman–Crippen LogP) is 3.03. The molecule has 25 heavy (non-hydrogen) atoms. The fourth-order valence-corrected chi connectivity index (χ4v) is 3.69. The molecule has 8 heteroatoms. The molecule has 6 nitrogen and oxygen atoms in total. The van der Waals surface area contributed by atoms with E-state index in [0.717, 1.165) is 15.1 Å². The van der Waals surface area contributed by atoms with Gasteiger partial charge in [0.25, 0.3) is 0 Å². The van der Waals surface area contributed by atoms with Crippen LogP contribution in [0.3, 0.4) is 0 Å². The molecule has 2 heterocycles. The normalized spacial score (nSPS) is 10.6. The maximum Gasteiger partial charge on any atom is 0.338 e. The number of hydrogen-bond acceptors (Lipinski definition) is 7. The fourth-order valence-electron chi connectivity index (χ4n) is 2.10. The Morgan fingerprint density at radius 1 is 1.20 bits per heavy atom. The van der Waals surface area contributed by atoms with Gasteiger partial charge >= 0.3 is 5.97 Å². The van der Waals surface area contributed by atoms with Crippen LogP contribution in [0.1, 0.15) is 31.8 Å². The van der Waals surface area contributed by atoms with Crippen molar-refractivity contribution in [2.45, 2.75) is 13.5 Å². The van der Waals surface area contributed by atoms with Crippen molar-refractivity contribution in [2.75, 3.05) is 6.61 Å². The molecule has 0 saturated carbocycles. The average Bonchev–Trinajstić information content (AvgIpc) is 3.25. The van der Waals surface area contributed by atoms with Gasteiger partial charge in [0.1, 0.15) is 0 Å². The van der Waals surface area contributed by atoms with E-state index < -0.39 is 5.97 Å². The highest BCUT2D eigenvalue weighted by molar-refractivity contribution is 7.16. The number of fused-ring (bicyclic) bond motifs is 1. The number of thiazole rings is 1. The lowest BCUT2D eigenvalue weighted by atomic mass is 10.2. The van der Waals surface area contributed by atoms with Crippen molar-refractivity contribution < 1.29 is 19.1 Å². The van der Waals surface area contributed by atoms with Crippen LogP contribution in [0.2, 0.25) is 0 Å². The van der Waals surface area contributed by atoms with Gasteiger partial charge in [0.2, 0.25) is 11.7 Å². The number of nitrogens with zero attached hydrogens (tertiary/aromatic N) is 1. The van der Waals surface area contributed by atoms with Gasteiger partial charge in [0.05, 0.1) is 32.7 Å². The van der Waals surface area contributed by atoms with Crippen LogP contribution in [0.4, 0.5) is 0 Å². The first-order valence-electron chi connectivity index (χ1n) is 7.39. The fraction of sp³-hybridized carbons (Fsp3) is 0.176. The van der Waals surface area contributed by atoms with Crippen LogP contribution in [0, 0.1) is 0 Å². The number of thiophene rings is 1. The molecule has 0 atom stereocenters. The van der Waals surface area contributed by atoms with Crippen molar-refractivity contribution in [1.29, 1.82) is 0 Å². The van der Waals surface area contributed by atoms with Crippen molar-refractivity contribution in [3.63, 3.8) is 0 Å². The molecule has 3 aromatic rings. The van der Waals surface area contributed by atoms with Crippen LogP contribution in [0.15, 0.2) is 35.8 Å². The zero-order chi connectivity index (χ0) is 17.8. The first kappa shape index (κ1) is 17.2. The number of carbonyl (C=O) groups excluding carboxylic acids is 3. The van der Waals surface area contributed by atoms with Gasteiger partial charge in [-0.25, -0.2) is 9.78 Å². The van der Waals surface area contributed by atoms with Crippen molar-refractivity contribution >= 4 is 50.5 Å². The van der Waals surface area contributed by atoms with Crippen LogP contribution in [0.5, 0.6) is 0 Å². The molecule has 0 fully saturated rings. The van der Waals surface area contributed by atoms with E-state index in [2.05, 4.69) is 10.3 Å². The number of esters is 1. The number of rotatable bonds is 6. The molecule has 2 aromatic heterocycles. The van der Waals surface area contributed by atoms with Gasteiger partial charge in [-0.05, 0) is 30.3 Å². The molecule has 1 aromatic carbocycles. The van der Waals surface area contributed by atoms with Crippen LogP contribution in [-0.4, -0.2) is 29.3 Å². The van der Waals surface area contributed by atoms with Crippen molar-refractivity contribution in [2.24, 2.45) is 0 Å². The minimum atomic E-state index is -0.543. The lowest BCUT2D eigenvalue weighted by Gasteiger charge is -2.03. The largest absolute Gasteiger partial charge is 0.454 e. The Morgan fingerprint density at radius 2 is 2.04 bits per heavy atom. The lowest BCUT2D eigenvalue weighted by molar-refractivity contribution is -0.119. The minimum absolute atomic E-state index is 0.131. The quantitative estimate of drug-likeness (QED) is 0.529. The van der Waals surface area contributed by atoms with Crippen molar-refractivity contribution in [3.8, 4) is 0 Å². The van der Waals surface area contributed by atoms with Crippen molar-refractivity contribution in [3.05, 3.63) is 51.2 Å². The summed E-state index contributed by atoms with van der Waals surface area (Å²) in [5, 5.41) is 2.67. The number of ether oxygens (including phenoxy) is 1. The number of aromatic nitrogens is 1. The second-order valence-corrected chi connectivity index (χ2v) is 7.26. The van der Waals surface area contributed by atoms with E-state index in [1.807, 2.05) is 0 Å². The first-order valence-corrected chi connectivity index (χ1v) is 9.09. The highest BCUT2D eigenvalue weighted by atomic mass is 32.1. The molecular weight excluding hydrogens is 360 g/mol. The molecule has 0 saturated heterocycles. The van der Waals surface area contributed by atoms with Gasteiger partial charge in [0, 0.05) is 11.8 Å². The number of hydrogen-bond donors (Lipinski definition) is 1. The first-order chi connectivity index (χ1) is 12.0. The van der Waals surface area contributed by atoms with Gasteiger partial charge in [-0.15, -0.1) is 22.7 Å². The maximum absolute atomic E-state index is 12.1. The SMILES string of the molecule is CC(=O)NCc1ccc(C(=O)COC(=O)c2ccc3ncsc3c2)s1. The standard InChI is InChI=1S/C17H14N2O4S2/c1-10(20)18-7-12-3-5-15(25-12)14(21)8-23-17(22)11-2-4-13-16(6-11)24-9-19-13/h2-6,9H,7-8H2,1H3,(H,18,20). The third-order valence-corrected chi connectivity index (χ3v) is 5.27. The molecule has 0 aliphatic heterocycles. The van der Waals surface area contributed by atoms with Gasteiger partial charge in [-0.1, -0.05) is 0 Å². The Hall–Kier alpha value is -2.58. The van der Waals surface area contributed by atoms with E-state index in [1.165, 1.54) is 29.6 Å². The number of nitrogens with one attached hydrogen (secondary N) is 1. The number of Topliss-reactive ketones (excluding diaryl/α,β-unsaturated/α-hetero) is 1. The average molecular weight is 374 g/mol. The summed E-state index contributed by atoms with van der Waals surface area (Å²) in [5.74, 6) is -0.946. The van der Waals surface area contributed by atoms with E-state index >= 15 is 0 Å². The zero-order valence-corrected chi connectivity index (χ0v) is 14.9. The van der Waals surface area contributed by atoms with Gasteiger partial charge in [-0.2, -0.15) is 0 Å². The van der Waals surface area contributed by atoms with Crippen LogP contribution < -0.4 is 5.32 Å². The highest BCUT2D eigenvalue weighted by Crippen LogP contribution is 2.20. The summed E-state index contributed by atoms with van der Waals surface area (Å²) in [6, 6.07) is 8.52. The van der Waals surface area contributed by atoms with E-state index in [0.29, 0.717) is 17.0 Å². The van der Waals surface area contributed by atoms with Gasteiger partial charge in [0.15, 0.2) is 6.61 Å². The number of carbonyl (C=O) groups is 3. The number of benzene rings is 1. The second-order valence-electron chi connectivity index (χ2n) is 5.21. The molecule has 0 aliphatic carbocycles. The zero-order valence-electron chi connectivity index (χ0n) is 13.3. The number of ketones is 1.